The van der Waals surface area contributed by atoms with Crippen molar-refractivity contribution in [1.82, 2.24) is 9.88 Å². The van der Waals surface area contributed by atoms with Gasteiger partial charge in [0.05, 0.1) is 24.5 Å². The molecule has 5 nitrogen and oxygen atoms in total. The Kier molecular flexibility index (Phi) is 5.38. The van der Waals surface area contributed by atoms with E-state index in [1.54, 1.807) is 35.5 Å². The number of halogens is 1. The van der Waals surface area contributed by atoms with Crippen molar-refractivity contribution in [2.75, 3.05) is 38.2 Å². The summed E-state index contributed by atoms with van der Waals surface area (Å²) in [5.41, 5.74) is 1.97. The minimum absolute atomic E-state index is 0.0384. The van der Waals surface area contributed by atoms with E-state index in [0.717, 1.165) is 5.69 Å². The van der Waals surface area contributed by atoms with Crippen LogP contribution in [0.15, 0.2) is 42.7 Å². The molecule has 24 heavy (non-hydrogen) atoms. The van der Waals surface area contributed by atoms with Crippen molar-refractivity contribution in [3.8, 4) is 0 Å². The number of amides is 1. The van der Waals surface area contributed by atoms with Crippen LogP contribution in [0.5, 0.6) is 0 Å². The van der Waals surface area contributed by atoms with Crippen molar-refractivity contribution >= 4 is 11.6 Å². The number of hydrogen-bond acceptors (Lipinski definition) is 4. The van der Waals surface area contributed by atoms with Crippen LogP contribution in [0.1, 0.15) is 15.9 Å². The predicted molar refractivity (Wildman–Crippen MR) is 89.6 cm³/mol. The quantitative estimate of drug-likeness (QED) is 0.915. The number of nitrogens with zero attached hydrogens (tertiary/aromatic N) is 2. The second-order valence-electron chi connectivity index (χ2n) is 5.64. The lowest BCUT2D eigenvalue weighted by atomic mass is 10.1. The molecule has 1 N–H and O–H groups in total. The fourth-order valence-corrected chi connectivity index (χ4v) is 2.65. The Morgan fingerprint density at radius 1 is 1.25 bits per heavy atom. The van der Waals surface area contributed by atoms with Crippen LogP contribution in [-0.2, 0) is 11.2 Å². The molecule has 1 fully saturated rings. The summed E-state index contributed by atoms with van der Waals surface area (Å²) in [5.74, 6) is -0.239. The number of rotatable bonds is 5. The molecular weight excluding hydrogens is 309 g/mol. The predicted octanol–water partition coefficient (Wildman–Crippen LogP) is 2.35. The monoisotopic (exact) mass is 329 g/mol. The first kappa shape index (κ1) is 16.4. The smallest absolute Gasteiger partial charge is 0.255 e. The molecule has 0 saturated carbocycles. The SMILES string of the molecule is O=C(c1cncc(NCCc2ccccc2F)c1)N1CCOCC1. The Labute approximate surface area is 140 Å². The Bertz CT molecular complexity index is 702. The van der Waals surface area contributed by atoms with E-state index in [9.17, 15) is 9.18 Å². The Balaban J connectivity index is 1.59. The minimum Gasteiger partial charge on any atom is -0.383 e. The van der Waals surface area contributed by atoms with Gasteiger partial charge in [-0.05, 0) is 24.1 Å². The average Bonchev–Trinajstić information content (AvgIpc) is 2.64. The lowest BCUT2D eigenvalue weighted by Gasteiger charge is -2.26. The van der Waals surface area contributed by atoms with Crippen LogP contribution in [0.25, 0.3) is 0 Å². The maximum absolute atomic E-state index is 13.6. The summed E-state index contributed by atoms with van der Waals surface area (Å²) in [6.07, 6.45) is 3.80. The van der Waals surface area contributed by atoms with Crippen LogP contribution in [0.3, 0.4) is 0 Å². The van der Waals surface area contributed by atoms with Gasteiger partial charge in [0.25, 0.3) is 5.91 Å². The molecule has 0 radical (unpaired) electrons. The number of benzene rings is 1. The summed E-state index contributed by atoms with van der Waals surface area (Å²) in [4.78, 5) is 18.3. The van der Waals surface area contributed by atoms with Crippen molar-refractivity contribution in [1.29, 1.82) is 0 Å². The van der Waals surface area contributed by atoms with E-state index in [0.29, 0.717) is 50.4 Å². The summed E-state index contributed by atoms with van der Waals surface area (Å²) >= 11 is 0. The maximum atomic E-state index is 13.6. The summed E-state index contributed by atoms with van der Waals surface area (Å²) in [7, 11) is 0. The zero-order chi connectivity index (χ0) is 16.8. The van der Waals surface area contributed by atoms with Crippen LogP contribution in [0, 0.1) is 5.82 Å². The Morgan fingerprint density at radius 2 is 2.04 bits per heavy atom. The third-order valence-electron chi connectivity index (χ3n) is 3.96. The van der Waals surface area contributed by atoms with Crippen molar-refractivity contribution in [2.24, 2.45) is 0 Å². The van der Waals surface area contributed by atoms with Gasteiger partial charge in [-0.2, -0.15) is 0 Å². The lowest BCUT2D eigenvalue weighted by Crippen LogP contribution is -2.40. The molecule has 1 amide bonds. The average molecular weight is 329 g/mol. The molecule has 2 heterocycles. The van der Waals surface area contributed by atoms with E-state index in [-0.39, 0.29) is 11.7 Å². The van der Waals surface area contributed by atoms with Crippen molar-refractivity contribution in [3.05, 3.63) is 59.7 Å². The second kappa shape index (κ2) is 7.88. The van der Waals surface area contributed by atoms with E-state index in [1.807, 2.05) is 6.07 Å². The van der Waals surface area contributed by atoms with Gasteiger partial charge in [-0.15, -0.1) is 0 Å². The summed E-state index contributed by atoms with van der Waals surface area (Å²) < 4.78 is 18.9. The molecule has 1 aliphatic rings. The van der Waals surface area contributed by atoms with E-state index in [4.69, 9.17) is 4.74 Å². The van der Waals surface area contributed by atoms with Gasteiger partial charge in [0.2, 0.25) is 0 Å². The molecule has 0 aliphatic carbocycles. The highest BCUT2D eigenvalue weighted by Gasteiger charge is 2.18. The zero-order valence-corrected chi connectivity index (χ0v) is 13.4. The van der Waals surface area contributed by atoms with Crippen LogP contribution in [0.2, 0.25) is 0 Å². The fourth-order valence-electron chi connectivity index (χ4n) is 2.65. The molecule has 6 heteroatoms. The van der Waals surface area contributed by atoms with Crippen molar-refractivity contribution in [2.45, 2.75) is 6.42 Å². The summed E-state index contributed by atoms with van der Waals surface area (Å²) in [5, 5.41) is 3.19. The molecule has 0 atom stereocenters. The standard InChI is InChI=1S/C18H20FN3O2/c19-17-4-2-1-3-14(17)5-6-21-16-11-15(12-20-13-16)18(23)22-7-9-24-10-8-22/h1-4,11-13,21H,5-10H2. The first-order valence-electron chi connectivity index (χ1n) is 8.03. The molecule has 0 spiro atoms. The van der Waals surface area contributed by atoms with Crippen LogP contribution < -0.4 is 5.32 Å². The number of ether oxygens (including phenoxy) is 1. The van der Waals surface area contributed by atoms with Crippen molar-refractivity contribution < 1.29 is 13.9 Å². The van der Waals surface area contributed by atoms with Gasteiger partial charge in [-0.1, -0.05) is 18.2 Å². The number of anilines is 1. The zero-order valence-electron chi connectivity index (χ0n) is 13.4. The van der Waals surface area contributed by atoms with E-state index in [1.165, 1.54) is 6.07 Å². The van der Waals surface area contributed by atoms with E-state index >= 15 is 0 Å². The third-order valence-corrected chi connectivity index (χ3v) is 3.96. The largest absolute Gasteiger partial charge is 0.383 e. The normalized spacial score (nSPS) is 14.5. The maximum Gasteiger partial charge on any atom is 0.255 e. The summed E-state index contributed by atoms with van der Waals surface area (Å²) in [6, 6.07) is 8.51. The molecule has 1 aromatic carbocycles. The number of carbonyl (C=O) groups is 1. The Hall–Kier alpha value is -2.47. The highest BCUT2D eigenvalue weighted by atomic mass is 19.1. The highest BCUT2D eigenvalue weighted by Crippen LogP contribution is 2.13. The van der Waals surface area contributed by atoms with Crippen LogP contribution >= 0.6 is 0 Å². The topological polar surface area (TPSA) is 54.5 Å². The number of aromatic nitrogens is 1. The van der Waals surface area contributed by atoms with E-state index in [2.05, 4.69) is 10.3 Å². The number of hydrogen-bond donors (Lipinski definition) is 1. The number of morpholine rings is 1. The molecule has 0 unspecified atom stereocenters. The van der Waals surface area contributed by atoms with Gasteiger partial charge in [0, 0.05) is 32.0 Å². The Morgan fingerprint density at radius 3 is 2.83 bits per heavy atom. The number of nitrogens with one attached hydrogen (secondary N) is 1. The molecule has 1 saturated heterocycles. The van der Waals surface area contributed by atoms with Crippen molar-refractivity contribution in [3.63, 3.8) is 0 Å². The van der Waals surface area contributed by atoms with Gasteiger partial charge in [-0.3, -0.25) is 9.78 Å². The third kappa shape index (κ3) is 4.08. The van der Waals surface area contributed by atoms with Gasteiger partial charge in [0.15, 0.2) is 0 Å². The highest BCUT2D eigenvalue weighted by molar-refractivity contribution is 5.94. The van der Waals surface area contributed by atoms with Gasteiger partial charge in [0.1, 0.15) is 5.82 Å². The van der Waals surface area contributed by atoms with Gasteiger partial charge >= 0.3 is 0 Å². The van der Waals surface area contributed by atoms with E-state index < -0.39 is 0 Å². The molecule has 126 valence electrons. The molecule has 1 aliphatic heterocycles. The number of carbonyl (C=O) groups excluding carboxylic acids is 1. The minimum atomic E-state index is -0.200. The first-order chi connectivity index (χ1) is 11.7. The second-order valence-corrected chi connectivity index (χ2v) is 5.64. The molecule has 2 aromatic rings. The van der Waals surface area contributed by atoms with Gasteiger partial charge in [-0.25, -0.2) is 4.39 Å². The number of pyridine rings is 1. The first-order valence-corrected chi connectivity index (χ1v) is 8.03. The molecular formula is C18H20FN3O2. The van der Waals surface area contributed by atoms with Gasteiger partial charge < -0.3 is 15.0 Å². The lowest BCUT2D eigenvalue weighted by molar-refractivity contribution is 0.0302. The van der Waals surface area contributed by atoms with Crippen LogP contribution in [0.4, 0.5) is 10.1 Å². The molecule has 3 rings (SSSR count). The molecule has 0 bridgehead atoms. The van der Waals surface area contributed by atoms with Crippen LogP contribution in [-0.4, -0.2) is 48.6 Å². The molecule has 1 aromatic heterocycles. The fraction of sp³-hybridized carbons (Fsp3) is 0.333. The summed E-state index contributed by atoms with van der Waals surface area (Å²) in [6.45, 7) is 2.91.